The molecule has 0 atom stereocenters. The van der Waals surface area contributed by atoms with E-state index in [2.05, 4.69) is 257 Å². The van der Waals surface area contributed by atoms with Crippen LogP contribution < -0.4 is 26.2 Å². The molecule has 0 saturated heterocycles. The minimum atomic E-state index is 0.00466. The van der Waals surface area contributed by atoms with Crippen LogP contribution in [0.2, 0.25) is 0 Å². The van der Waals surface area contributed by atoms with Crippen molar-refractivity contribution in [3.05, 3.63) is 419 Å². The molecule has 5 aromatic heterocycles. The molecule has 0 fully saturated rings. The number of benzene rings is 16. The van der Waals surface area contributed by atoms with Crippen LogP contribution in [0.3, 0.4) is 0 Å². The van der Waals surface area contributed by atoms with Gasteiger partial charge in [-0.25, -0.2) is 54.8 Å². The predicted molar refractivity (Wildman–Crippen MR) is 501 cm³/mol. The van der Waals surface area contributed by atoms with Gasteiger partial charge in [0.25, 0.3) is 6.71 Å². The topological polar surface area (TPSA) is 153 Å². The smallest absolute Gasteiger partial charge is 0.252 e. The molecule has 0 unspecified atom stereocenters. The molecule has 0 aliphatic carbocycles. The highest BCUT2D eigenvalue weighted by Crippen LogP contribution is 2.47. The number of aromatic nitrogens is 12. The Labute approximate surface area is 715 Å². The standard InChI is InChI=1S/C109H69BN14/c1-9-32-70(33-10-1)90-69-91(71-34-11-2-12-35-71)112-105(111-90)82-60-63-94(124-92-61-58-80(107-115-100(72-36-13-3-14-37-72)113-101(116-107)73-38-15-4-16-39-73)66-85(92)86-67-81(59-62-93(86)124)108-117-102(74-40-17-5-18-41-74)114-103(118-108)75-42-19-6-20-43-75)87(68-82)109-120-104(76-44-21-7-22-45-76)119-106(121-109)79-48-29-46-77(64-79)78-47-30-51-84(65-78)123-96-55-28-26-53-89(96)110-88-52-25-27-54-95(88)122(83-49-23-8-24-50-83)97-56-31-57-98(123)99(97)110/h1-69H. The zero-order valence-corrected chi connectivity index (χ0v) is 66.7. The van der Waals surface area contributed by atoms with Crippen LogP contribution in [-0.2, 0) is 0 Å². The molecular weight excluding hydrogens is 1520 g/mol. The van der Waals surface area contributed by atoms with Gasteiger partial charge in [0.05, 0.1) is 28.1 Å². The molecule has 0 radical (unpaired) electrons. The van der Waals surface area contributed by atoms with Gasteiger partial charge in [-0.3, -0.25) is 0 Å². The molecule has 0 amide bonds. The summed E-state index contributed by atoms with van der Waals surface area (Å²) < 4.78 is 2.31. The van der Waals surface area contributed by atoms with Crippen molar-refractivity contribution in [2.75, 3.05) is 9.80 Å². The van der Waals surface area contributed by atoms with Gasteiger partial charge < -0.3 is 14.4 Å². The van der Waals surface area contributed by atoms with E-state index in [0.717, 1.165) is 140 Å². The summed E-state index contributed by atoms with van der Waals surface area (Å²) in [7, 11) is 0. The lowest BCUT2D eigenvalue weighted by Gasteiger charge is -2.44. The Morgan fingerprint density at radius 1 is 0.177 bits per heavy atom. The molecule has 2 aliphatic rings. The number of hydrogen-bond acceptors (Lipinski definition) is 13. The third kappa shape index (κ3) is 13.2. The molecule has 578 valence electrons. The van der Waals surface area contributed by atoms with Crippen molar-refractivity contribution >= 4 is 79.0 Å². The summed E-state index contributed by atoms with van der Waals surface area (Å²) in [5.74, 6) is 5.11. The zero-order chi connectivity index (χ0) is 82.0. The Morgan fingerprint density at radius 2 is 0.476 bits per heavy atom. The highest BCUT2D eigenvalue weighted by molar-refractivity contribution is 7.00. The highest BCUT2D eigenvalue weighted by Gasteiger charge is 2.43. The van der Waals surface area contributed by atoms with Crippen LogP contribution >= 0.6 is 0 Å². The number of nitrogens with zero attached hydrogens (tertiary/aromatic N) is 14. The second-order valence-corrected chi connectivity index (χ2v) is 30.9. The van der Waals surface area contributed by atoms with Crippen molar-refractivity contribution in [2.45, 2.75) is 0 Å². The first-order valence-electron chi connectivity index (χ1n) is 41.4. The van der Waals surface area contributed by atoms with E-state index in [0.29, 0.717) is 63.8 Å². The molecule has 124 heavy (non-hydrogen) atoms. The van der Waals surface area contributed by atoms with Crippen molar-refractivity contribution < 1.29 is 0 Å². The highest BCUT2D eigenvalue weighted by atomic mass is 15.2. The van der Waals surface area contributed by atoms with Gasteiger partial charge in [-0.2, -0.15) is 0 Å². The van der Waals surface area contributed by atoms with Crippen LogP contribution in [0.15, 0.2) is 419 Å². The fraction of sp³-hybridized carbons (Fsp3) is 0. The Balaban J connectivity index is 0.730. The molecular formula is C109H69BN14. The fourth-order valence-corrected chi connectivity index (χ4v) is 17.5. The minimum Gasteiger partial charge on any atom is -0.311 e. The van der Waals surface area contributed by atoms with E-state index in [9.17, 15) is 0 Å². The number of fused-ring (bicyclic) bond motifs is 7. The summed E-state index contributed by atoms with van der Waals surface area (Å²) in [5.41, 5.74) is 26.5. The van der Waals surface area contributed by atoms with E-state index in [-0.39, 0.29) is 6.71 Å². The molecule has 0 N–H and O–H groups in total. The number of para-hydroxylation sites is 3. The maximum Gasteiger partial charge on any atom is 0.252 e. The Kier molecular flexibility index (Phi) is 18.0. The summed E-state index contributed by atoms with van der Waals surface area (Å²) in [6.45, 7) is 0.00466. The van der Waals surface area contributed by atoms with Crippen LogP contribution in [0.5, 0.6) is 0 Å². The van der Waals surface area contributed by atoms with Gasteiger partial charge in [0.2, 0.25) is 0 Å². The summed E-state index contributed by atoms with van der Waals surface area (Å²) in [6.07, 6.45) is 0. The van der Waals surface area contributed by atoms with Crippen LogP contribution in [0, 0.1) is 0 Å². The van der Waals surface area contributed by atoms with Gasteiger partial charge in [-0.05, 0) is 143 Å². The Hall–Kier alpha value is -16.9. The number of rotatable bonds is 16. The van der Waals surface area contributed by atoms with Gasteiger partial charge >= 0.3 is 0 Å². The first-order valence-corrected chi connectivity index (χ1v) is 41.4. The van der Waals surface area contributed by atoms with Gasteiger partial charge in [0.15, 0.2) is 58.2 Å². The van der Waals surface area contributed by atoms with E-state index >= 15 is 0 Å². The average molecular weight is 1590 g/mol. The maximum atomic E-state index is 5.75. The van der Waals surface area contributed by atoms with E-state index in [4.69, 9.17) is 54.8 Å². The van der Waals surface area contributed by atoms with Crippen LogP contribution in [0.25, 0.3) is 175 Å². The Morgan fingerprint density at radius 3 is 0.919 bits per heavy atom. The van der Waals surface area contributed by atoms with Crippen LogP contribution in [-0.4, -0.2) is 66.1 Å². The largest absolute Gasteiger partial charge is 0.311 e. The van der Waals surface area contributed by atoms with Gasteiger partial charge in [-0.1, -0.05) is 303 Å². The molecule has 0 bridgehead atoms. The first-order chi connectivity index (χ1) is 61.4. The van der Waals surface area contributed by atoms with E-state index in [1.54, 1.807) is 0 Å². The molecule has 14 nitrogen and oxygen atoms in total. The van der Waals surface area contributed by atoms with E-state index in [1.165, 1.54) is 22.1 Å². The van der Waals surface area contributed by atoms with Crippen LogP contribution in [0.1, 0.15) is 0 Å². The van der Waals surface area contributed by atoms with Gasteiger partial charge in [0, 0.05) is 112 Å². The second kappa shape index (κ2) is 30.8. The Bertz CT molecular complexity index is 7320. The van der Waals surface area contributed by atoms with E-state index in [1.807, 2.05) is 176 Å². The monoisotopic (exact) mass is 1580 g/mol. The lowest BCUT2D eigenvalue weighted by Crippen LogP contribution is -2.61. The third-order valence-electron chi connectivity index (χ3n) is 23.3. The van der Waals surface area contributed by atoms with Crippen molar-refractivity contribution in [1.82, 2.24) is 59.4 Å². The molecule has 0 spiro atoms. The maximum absolute atomic E-state index is 5.75. The van der Waals surface area contributed by atoms with Crippen molar-refractivity contribution in [2.24, 2.45) is 0 Å². The fourth-order valence-electron chi connectivity index (χ4n) is 17.5. The first kappa shape index (κ1) is 72.3. The van der Waals surface area contributed by atoms with Gasteiger partial charge in [-0.15, -0.1) is 0 Å². The summed E-state index contributed by atoms with van der Waals surface area (Å²) in [5, 5.41) is 1.80. The number of hydrogen-bond donors (Lipinski definition) is 0. The predicted octanol–water partition coefficient (Wildman–Crippen LogP) is 23.9. The second-order valence-electron chi connectivity index (χ2n) is 30.9. The molecule has 7 heterocycles. The molecule has 16 aromatic carbocycles. The SMILES string of the molecule is c1ccc(-c2cc(-c3ccccc3)nc(-c3ccc(-n4c5ccc(-c6nc(-c7ccccc7)nc(-c7ccccc7)n6)cc5c5cc(-c6nc(-c7ccccc7)nc(-c7ccccc7)n6)ccc54)c(-c4nc(-c5ccccc5)nc(-c5cccc(-c6cccc(N7c8ccccc8B8c9ccccc9N(c9ccccc9)c9cccc7c98)c6)c5)n4)c3)n2)cc1. The molecule has 23 rings (SSSR count). The number of anilines is 6. The molecule has 2 aliphatic heterocycles. The molecule has 0 saturated carbocycles. The molecule has 21 aromatic rings. The minimum absolute atomic E-state index is 0.00466. The third-order valence-corrected chi connectivity index (χ3v) is 23.3. The summed E-state index contributed by atoms with van der Waals surface area (Å²) in [6, 6.07) is 145. The quantitative estimate of drug-likeness (QED) is 0.0844. The normalized spacial score (nSPS) is 12.0. The average Bonchev–Trinajstić information content (AvgIpc) is 0.843. The lowest BCUT2D eigenvalue weighted by molar-refractivity contribution is 1.06. The van der Waals surface area contributed by atoms with Crippen molar-refractivity contribution in [1.29, 1.82) is 0 Å². The van der Waals surface area contributed by atoms with Gasteiger partial charge in [0.1, 0.15) is 0 Å². The van der Waals surface area contributed by atoms with E-state index < -0.39 is 0 Å². The molecule has 15 heteroatoms. The van der Waals surface area contributed by atoms with Crippen molar-refractivity contribution in [3.63, 3.8) is 0 Å². The van der Waals surface area contributed by atoms with Crippen LogP contribution in [0.4, 0.5) is 34.1 Å². The van der Waals surface area contributed by atoms with Crippen molar-refractivity contribution in [3.8, 4) is 153 Å². The lowest BCUT2D eigenvalue weighted by atomic mass is 9.33. The zero-order valence-electron chi connectivity index (χ0n) is 66.7. The summed E-state index contributed by atoms with van der Waals surface area (Å²) in [4.78, 5) is 64.1. The summed E-state index contributed by atoms with van der Waals surface area (Å²) >= 11 is 0.